The van der Waals surface area contributed by atoms with Crippen LogP contribution in [-0.2, 0) is 9.53 Å². The summed E-state index contributed by atoms with van der Waals surface area (Å²) in [6.45, 7) is 3.58. The van der Waals surface area contributed by atoms with E-state index in [-0.39, 0.29) is 17.4 Å². The fourth-order valence-corrected chi connectivity index (χ4v) is 4.63. The molecule has 0 bridgehead atoms. The fourth-order valence-electron chi connectivity index (χ4n) is 2.91. The average Bonchev–Trinajstić information content (AvgIpc) is 3.06. The van der Waals surface area contributed by atoms with Crippen molar-refractivity contribution in [3.05, 3.63) is 69.7 Å². The summed E-state index contributed by atoms with van der Waals surface area (Å²) in [7, 11) is 0. The highest BCUT2D eigenvalue weighted by molar-refractivity contribution is 7.99. The SMILES string of the molecule is CC(C)OC(=O)C1CSC(c2cccc(Cl)c2)N1C(=O)c1ccc(Cl)cc1. The van der Waals surface area contributed by atoms with Gasteiger partial charge in [-0.3, -0.25) is 4.79 Å². The maximum Gasteiger partial charge on any atom is 0.330 e. The van der Waals surface area contributed by atoms with Gasteiger partial charge in [0, 0.05) is 21.4 Å². The molecule has 0 saturated carbocycles. The van der Waals surface area contributed by atoms with Crippen LogP contribution in [0, 0.1) is 0 Å². The van der Waals surface area contributed by atoms with Crippen LogP contribution >= 0.6 is 35.0 Å². The lowest BCUT2D eigenvalue weighted by Crippen LogP contribution is -2.44. The summed E-state index contributed by atoms with van der Waals surface area (Å²) in [5, 5.41) is 0.807. The highest BCUT2D eigenvalue weighted by atomic mass is 35.5. The van der Waals surface area contributed by atoms with Crippen LogP contribution in [0.25, 0.3) is 0 Å². The number of esters is 1. The third-order valence-corrected chi connectivity index (χ3v) is 5.89. The Morgan fingerprint density at radius 2 is 1.81 bits per heavy atom. The molecule has 1 amide bonds. The number of ether oxygens (including phenoxy) is 1. The van der Waals surface area contributed by atoms with Crippen LogP contribution < -0.4 is 0 Å². The number of hydrogen-bond donors (Lipinski definition) is 0. The zero-order chi connectivity index (χ0) is 19.6. The Balaban J connectivity index is 1.97. The van der Waals surface area contributed by atoms with Gasteiger partial charge in [0.25, 0.3) is 5.91 Å². The highest BCUT2D eigenvalue weighted by Gasteiger charge is 2.43. The van der Waals surface area contributed by atoms with Crippen LogP contribution in [-0.4, -0.2) is 34.7 Å². The number of hydrogen-bond acceptors (Lipinski definition) is 4. The average molecular weight is 424 g/mol. The molecule has 7 heteroatoms. The summed E-state index contributed by atoms with van der Waals surface area (Å²) in [6, 6.07) is 13.3. The van der Waals surface area contributed by atoms with Crippen molar-refractivity contribution < 1.29 is 14.3 Å². The number of rotatable bonds is 4. The Bertz CT molecular complexity index is 841. The van der Waals surface area contributed by atoms with Gasteiger partial charge in [-0.25, -0.2) is 4.79 Å². The van der Waals surface area contributed by atoms with E-state index in [1.807, 2.05) is 18.2 Å². The molecule has 0 N–H and O–H groups in total. The minimum Gasteiger partial charge on any atom is -0.461 e. The standard InChI is InChI=1S/C20H19Cl2NO3S/c1-12(2)26-20(25)17-11-27-19(14-4-3-5-16(22)10-14)23(17)18(24)13-6-8-15(21)9-7-13/h3-10,12,17,19H,11H2,1-2H3. The van der Waals surface area contributed by atoms with Gasteiger partial charge in [-0.2, -0.15) is 0 Å². The summed E-state index contributed by atoms with van der Waals surface area (Å²) in [5.41, 5.74) is 1.34. The molecule has 2 unspecified atom stereocenters. The molecule has 0 aromatic heterocycles. The van der Waals surface area contributed by atoms with Gasteiger partial charge in [-0.05, 0) is 55.8 Å². The maximum atomic E-state index is 13.3. The number of thioether (sulfide) groups is 1. The van der Waals surface area contributed by atoms with Crippen LogP contribution in [0.5, 0.6) is 0 Å². The van der Waals surface area contributed by atoms with Crippen molar-refractivity contribution >= 4 is 46.8 Å². The van der Waals surface area contributed by atoms with Gasteiger partial charge >= 0.3 is 5.97 Å². The van der Waals surface area contributed by atoms with Gasteiger partial charge < -0.3 is 9.64 Å². The van der Waals surface area contributed by atoms with E-state index >= 15 is 0 Å². The lowest BCUT2D eigenvalue weighted by molar-refractivity contribution is -0.151. The second-order valence-corrected chi connectivity index (χ2v) is 8.45. The maximum absolute atomic E-state index is 13.3. The molecular weight excluding hydrogens is 405 g/mol. The lowest BCUT2D eigenvalue weighted by atomic mass is 10.1. The summed E-state index contributed by atoms with van der Waals surface area (Å²) in [4.78, 5) is 27.5. The molecule has 2 aromatic rings. The van der Waals surface area contributed by atoms with Gasteiger partial charge in [0.15, 0.2) is 0 Å². The minimum atomic E-state index is -0.662. The highest BCUT2D eigenvalue weighted by Crippen LogP contribution is 2.43. The number of amides is 1. The van der Waals surface area contributed by atoms with E-state index in [2.05, 4.69) is 0 Å². The van der Waals surface area contributed by atoms with E-state index in [9.17, 15) is 9.59 Å². The number of benzene rings is 2. The van der Waals surface area contributed by atoms with Crippen LogP contribution in [0.4, 0.5) is 0 Å². The Kier molecular flexibility index (Phi) is 6.35. The van der Waals surface area contributed by atoms with E-state index in [1.165, 1.54) is 11.8 Å². The predicted molar refractivity (Wildman–Crippen MR) is 109 cm³/mol. The topological polar surface area (TPSA) is 46.6 Å². The van der Waals surface area contributed by atoms with E-state index in [4.69, 9.17) is 27.9 Å². The van der Waals surface area contributed by atoms with Crippen molar-refractivity contribution in [1.29, 1.82) is 0 Å². The number of nitrogens with zero attached hydrogens (tertiary/aromatic N) is 1. The first kappa shape index (κ1) is 20.1. The molecule has 1 aliphatic heterocycles. The van der Waals surface area contributed by atoms with Crippen molar-refractivity contribution in [2.24, 2.45) is 0 Å². The second kappa shape index (κ2) is 8.55. The third kappa shape index (κ3) is 4.60. The smallest absolute Gasteiger partial charge is 0.330 e. The molecule has 2 aromatic carbocycles. The molecule has 1 heterocycles. The number of carbonyl (C=O) groups is 2. The van der Waals surface area contributed by atoms with Crippen molar-refractivity contribution in [1.82, 2.24) is 4.90 Å². The van der Waals surface area contributed by atoms with E-state index in [0.717, 1.165) is 5.56 Å². The van der Waals surface area contributed by atoms with Crippen molar-refractivity contribution in [3.8, 4) is 0 Å². The van der Waals surface area contributed by atoms with Gasteiger partial charge in [0.05, 0.1) is 6.10 Å². The minimum absolute atomic E-state index is 0.243. The third-order valence-electron chi connectivity index (χ3n) is 4.08. The molecule has 2 atom stereocenters. The monoisotopic (exact) mass is 423 g/mol. The molecule has 3 rings (SSSR count). The molecule has 1 saturated heterocycles. The zero-order valence-electron chi connectivity index (χ0n) is 14.9. The number of carbonyl (C=O) groups excluding carboxylic acids is 2. The predicted octanol–water partition coefficient (Wildman–Crippen LogP) is 5.20. The first-order valence-corrected chi connectivity index (χ1v) is 10.3. The largest absolute Gasteiger partial charge is 0.461 e. The molecule has 0 aliphatic carbocycles. The Morgan fingerprint density at radius 1 is 1.11 bits per heavy atom. The summed E-state index contributed by atoms with van der Waals surface area (Å²) in [6.07, 6.45) is -0.250. The summed E-state index contributed by atoms with van der Waals surface area (Å²) in [5.74, 6) is -0.182. The van der Waals surface area contributed by atoms with Gasteiger partial charge in [-0.15, -0.1) is 11.8 Å². The van der Waals surface area contributed by atoms with Crippen LogP contribution in [0.15, 0.2) is 48.5 Å². The summed E-state index contributed by atoms with van der Waals surface area (Å²) < 4.78 is 5.38. The Labute approximate surface area is 172 Å². The molecule has 1 fully saturated rings. The fraction of sp³-hybridized carbons (Fsp3) is 0.300. The van der Waals surface area contributed by atoms with E-state index < -0.39 is 12.0 Å². The van der Waals surface area contributed by atoms with Gasteiger partial charge in [0.1, 0.15) is 11.4 Å². The summed E-state index contributed by atoms with van der Waals surface area (Å²) >= 11 is 13.6. The second-order valence-electron chi connectivity index (χ2n) is 6.46. The first-order chi connectivity index (χ1) is 12.9. The Hall–Kier alpha value is -1.69. The molecule has 1 aliphatic rings. The molecule has 27 heavy (non-hydrogen) atoms. The van der Waals surface area contributed by atoms with Gasteiger partial charge in [-0.1, -0.05) is 35.3 Å². The molecule has 4 nitrogen and oxygen atoms in total. The molecule has 0 spiro atoms. The zero-order valence-corrected chi connectivity index (χ0v) is 17.2. The van der Waals surface area contributed by atoms with Crippen molar-refractivity contribution in [2.75, 3.05) is 5.75 Å². The quantitative estimate of drug-likeness (QED) is 0.633. The van der Waals surface area contributed by atoms with Crippen molar-refractivity contribution in [3.63, 3.8) is 0 Å². The molecule has 142 valence electrons. The Morgan fingerprint density at radius 3 is 2.44 bits per heavy atom. The van der Waals surface area contributed by atoms with E-state index in [0.29, 0.717) is 21.4 Å². The lowest BCUT2D eigenvalue weighted by Gasteiger charge is -2.29. The number of halogens is 2. The molecule has 0 radical (unpaired) electrons. The van der Waals surface area contributed by atoms with E-state index in [1.54, 1.807) is 49.1 Å². The van der Waals surface area contributed by atoms with Crippen LogP contribution in [0.3, 0.4) is 0 Å². The van der Waals surface area contributed by atoms with Crippen LogP contribution in [0.2, 0.25) is 10.0 Å². The normalized spacial score (nSPS) is 19.4. The first-order valence-electron chi connectivity index (χ1n) is 8.52. The molecular formula is C20H19Cl2NO3S. The van der Waals surface area contributed by atoms with Crippen molar-refractivity contribution in [2.45, 2.75) is 31.4 Å². The van der Waals surface area contributed by atoms with Crippen LogP contribution in [0.1, 0.15) is 35.1 Å². The van der Waals surface area contributed by atoms with Gasteiger partial charge in [0.2, 0.25) is 0 Å².